The number of rotatable bonds is 0. The van der Waals surface area contributed by atoms with Crippen LogP contribution >= 0.6 is 47.0 Å². The zero-order chi connectivity index (χ0) is 11.1. The molecule has 0 unspecified atom stereocenters. The van der Waals surface area contributed by atoms with Crippen LogP contribution in [-0.4, -0.2) is 0 Å². The first-order chi connectivity index (χ1) is 7.74. The third-order valence-corrected chi connectivity index (χ3v) is 8.52. The third-order valence-electron chi connectivity index (χ3n) is 1.96. The summed E-state index contributed by atoms with van der Waals surface area (Å²) in [5.41, 5.74) is 0. The first kappa shape index (κ1) is 11.6. The molecular formula is C10H4S6-2. The fourth-order valence-corrected chi connectivity index (χ4v) is 7.08. The van der Waals surface area contributed by atoms with E-state index in [2.05, 4.69) is 24.3 Å². The number of hydrogen-bond acceptors (Lipinski definition) is 6. The summed E-state index contributed by atoms with van der Waals surface area (Å²) >= 11 is 17.3. The SMILES string of the molecule is [S-]C1=C([S-])SC(=C2Sc3ccccc3S2)S1. The molecule has 2 heterocycles. The van der Waals surface area contributed by atoms with Gasteiger partial charge in [-0.15, -0.1) is 32.0 Å². The summed E-state index contributed by atoms with van der Waals surface area (Å²) in [5, 5.41) is 0. The Balaban J connectivity index is 1.90. The fourth-order valence-electron chi connectivity index (χ4n) is 1.28. The summed E-state index contributed by atoms with van der Waals surface area (Å²) in [5.74, 6) is 0. The Morgan fingerprint density at radius 1 is 0.688 bits per heavy atom. The van der Waals surface area contributed by atoms with Crippen LogP contribution in [0.3, 0.4) is 0 Å². The van der Waals surface area contributed by atoms with Gasteiger partial charge in [0.25, 0.3) is 0 Å². The van der Waals surface area contributed by atoms with Crippen molar-refractivity contribution in [1.29, 1.82) is 0 Å². The van der Waals surface area contributed by atoms with Crippen LogP contribution in [0, 0.1) is 0 Å². The van der Waals surface area contributed by atoms with E-state index in [1.807, 2.05) is 23.5 Å². The predicted molar refractivity (Wildman–Crippen MR) is 82.1 cm³/mol. The molecule has 0 fully saturated rings. The van der Waals surface area contributed by atoms with Crippen LogP contribution in [0.5, 0.6) is 0 Å². The summed E-state index contributed by atoms with van der Waals surface area (Å²) in [6, 6.07) is 8.46. The van der Waals surface area contributed by atoms with Crippen LogP contribution < -0.4 is 0 Å². The van der Waals surface area contributed by atoms with Crippen LogP contribution in [0.25, 0.3) is 0 Å². The van der Waals surface area contributed by atoms with Crippen molar-refractivity contribution in [3.05, 3.63) is 41.2 Å². The average molecular weight is 317 g/mol. The maximum atomic E-state index is 5.19. The molecule has 0 spiro atoms. The van der Waals surface area contributed by atoms with E-state index in [1.165, 1.54) is 18.3 Å². The summed E-state index contributed by atoms with van der Waals surface area (Å²) in [7, 11) is 0. The van der Waals surface area contributed by atoms with Crippen molar-refractivity contribution < 1.29 is 0 Å². The highest BCUT2D eigenvalue weighted by Gasteiger charge is 2.22. The molecule has 0 atom stereocenters. The zero-order valence-corrected chi connectivity index (χ0v) is 12.7. The van der Waals surface area contributed by atoms with E-state index in [9.17, 15) is 0 Å². The van der Waals surface area contributed by atoms with Gasteiger partial charge in [0.2, 0.25) is 0 Å². The van der Waals surface area contributed by atoms with E-state index < -0.39 is 0 Å². The van der Waals surface area contributed by atoms with E-state index in [-0.39, 0.29) is 0 Å². The minimum absolute atomic E-state index is 0.847. The summed E-state index contributed by atoms with van der Waals surface area (Å²) in [4.78, 5) is 2.67. The second-order valence-corrected chi connectivity index (χ2v) is 9.00. The lowest BCUT2D eigenvalue weighted by Crippen LogP contribution is -1.65. The predicted octanol–water partition coefficient (Wildman–Crippen LogP) is 4.71. The van der Waals surface area contributed by atoms with Crippen molar-refractivity contribution >= 4 is 72.3 Å². The maximum Gasteiger partial charge on any atom is 0.0705 e. The molecule has 0 radical (unpaired) electrons. The Labute approximate surface area is 122 Å². The van der Waals surface area contributed by atoms with Gasteiger partial charge in [0.15, 0.2) is 0 Å². The molecule has 6 heteroatoms. The van der Waals surface area contributed by atoms with Gasteiger partial charge in [0.1, 0.15) is 0 Å². The average Bonchev–Trinajstić information content (AvgIpc) is 2.83. The third kappa shape index (κ3) is 2.11. The van der Waals surface area contributed by atoms with Gasteiger partial charge in [0.05, 0.1) is 8.47 Å². The zero-order valence-electron chi connectivity index (χ0n) is 7.76. The summed E-state index contributed by atoms with van der Waals surface area (Å²) in [6.07, 6.45) is 0. The monoisotopic (exact) mass is 316 g/mol. The Kier molecular flexibility index (Phi) is 3.39. The minimum atomic E-state index is 0.847. The van der Waals surface area contributed by atoms with Gasteiger partial charge in [-0.2, -0.15) is 0 Å². The Morgan fingerprint density at radius 2 is 1.12 bits per heavy atom. The molecule has 0 saturated heterocycles. The highest BCUT2D eigenvalue weighted by Crippen LogP contribution is 2.59. The first-order valence-electron chi connectivity index (χ1n) is 4.37. The smallest absolute Gasteiger partial charge is 0.0705 e. The van der Waals surface area contributed by atoms with Crippen molar-refractivity contribution in [2.75, 3.05) is 0 Å². The van der Waals surface area contributed by atoms with Crippen LogP contribution in [0.15, 0.2) is 51.0 Å². The second-order valence-electron chi connectivity index (χ2n) is 3.00. The quantitative estimate of drug-likeness (QED) is 0.631. The van der Waals surface area contributed by atoms with Gasteiger partial charge in [-0.3, -0.25) is 0 Å². The molecular weight excluding hydrogens is 313 g/mol. The number of hydrogen-bond donors (Lipinski definition) is 0. The van der Waals surface area contributed by atoms with Gasteiger partial charge >= 0.3 is 0 Å². The van der Waals surface area contributed by atoms with Gasteiger partial charge in [-0.05, 0) is 12.1 Å². The lowest BCUT2D eigenvalue weighted by Gasteiger charge is -2.11. The number of thioether (sulfide) groups is 4. The Bertz CT molecular complexity index is 473. The molecule has 3 rings (SSSR count). The largest absolute Gasteiger partial charge is 0.774 e. The van der Waals surface area contributed by atoms with Crippen LogP contribution in [0.2, 0.25) is 0 Å². The van der Waals surface area contributed by atoms with Crippen molar-refractivity contribution in [2.45, 2.75) is 9.79 Å². The molecule has 2 aliphatic heterocycles. The Hall–Kier alpha value is 0.540. The van der Waals surface area contributed by atoms with Gasteiger partial charge in [-0.25, -0.2) is 0 Å². The molecule has 1 aromatic rings. The molecule has 1 aromatic carbocycles. The van der Waals surface area contributed by atoms with Crippen molar-refractivity contribution in [3.8, 4) is 0 Å². The van der Waals surface area contributed by atoms with Crippen molar-refractivity contribution in [3.63, 3.8) is 0 Å². The van der Waals surface area contributed by atoms with Crippen LogP contribution in [0.4, 0.5) is 0 Å². The van der Waals surface area contributed by atoms with E-state index in [1.54, 1.807) is 23.5 Å². The molecule has 82 valence electrons. The van der Waals surface area contributed by atoms with E-state index in [4.69, 9.17) is 25.3 Å². The normalized spacial score (nSPS) is 19.5. The lowest BCUT2D eigenvalue weighted by atomic mass is 10.4. The first-order valence-corrected chi connectivity index (χ1v) is 8.45. The fraction of sp³-hybridized carbons (Fsp3) is 0. The van der Waals surface area contributed by atoms with E-state index in [0.29, 0.717) is 0 Å². The number of fused-ring (bicyclic) bond motifs is 1. The van der Waals surface area contributed by atoms with Crippen molar-refractivity contribution in [1.82, 2.24) is 0 Å². The topological polar surface area (TPSA) is 0 Å². The molecule has 16 heavy (non-hydrogen) atoms. The summed E-state index contributed by atoms with van der Waals surface area (Å²) in [6.45, 7) is 0. The highest BCUT2D eigenvalue weighted by atomic mass is 32.2. The maximum absolute atomic E-state index is 5.19. The molecule has 0 amide bonds. The molecule has 0 aromatic heterocycles. The van der Waals surface area contributed by atoms with Crippen LogP contribution in [0.1, 0.15) is 0 Å². The Morgan fingerprint density at radius 3 is 1.62 bits per heavy atom. The molecule has 0 aliphatic carbocycles. The van der Waals surface area contributed by atoms with Gasteiger partial charge < -0.3 is 25.3 Å². The minimum Gasteiger partial charge on any atom is -0.774 e. The second kappa shape index (κ2) is 4.66. The standard InChI is InChI=1S/C10H6S6/c11-7-8(12)16-10(15-7)9-13-5-3-1-2-4-6(5)14-9/h1-4,11-12H/p-2. The van der Waals surface area contributed by atoms with Crippen molar-refractivity contribution in [2.24, 2.45) is 0 Å². The van der Waals surface area contributed by atoms with Gasteiger partial charge in [0, 0.05) is 9.79 Å². The molecule has 0 N–H and O–H groups in total. The molecule has 0 bridgehead atoms. The lowest BCUT2D eigenvalue weighted by molar-refractivity contribution is 1.27. The molecule has 2 aliphatic rings. The van der Waals surface area contributed by atoms with E-state index >= 15 is 0 Å². The van der Waals surface area contributed by atoms with E-state index in [0.717, 1.165) is 8.47 Å². The van der Waals surface area contributed by atoms with Gasteiger partial charge in [-0.1, -0.05) is 35.7 Å². The molecule has 0 saturated carbocycles. The number of benzene rings is 1. The molecule has 0 nitrogen and oxygen atoms in total. The highest BCUT2D eigenvalue weighted by molar-refractivity contribution is 8.37. The summed E-state index contributed by atoms with van der Waals surface area (Å²) < 4.78 is 4.26. The van der Waals surface area contributed by atoms with Crippen LogP contribution in [-0.2, 0) is 25.3 Å².